The Labute approximate surface area is 170 Å². The van der Waals surface area contributed by atoms with Crippen molar-refractivity contribution in [2.45, 2.75) is 25.9 Å². The molecule has 1 heterocycles. The van der Waals surface area contributed by atoms with Gasteiger partial charge in [-0.3, -0.25) is 14.6 Å². The van der Waals surface area contributed by atoms with Crippen LogP contribution in [0.2, 0.25) is 0 Å². The molecule has 146 valence electrons. The molecular weight excluding hydrogens is 364 g/mol. The number of ketones is 1. The third-order valence-corrected chi connectivity index (χ3v) is 4.74. The standard InChI is InChI=1S/C23H22N4O2/c1-3-13-26(16-19-11-9-18(15-24)10-12-19)23(29)21-14-22(17(2)28)27(25-21)20-7-5-4-6-8-20/h3-12,22H,1,13-14,16H2,2H3. The predicted molar refractivity (Wildman–Crippen MR) is 112 cm³/mol. The molecule has 2 aromatic rings. The van der Waals surface area contributed by atoms with E-state index >= 15 is 0 Å². The van der Waals surface area contributed by atoms with Gasteiger partial charge in [0.2, 0.25) is 0 Å². The van der Waals surface area contributed by atoms with Gasteiger partial charge < -0.3 is 4.90 Å². The Kier molecular flexibility index (Phi) is 6.20. The first-order valence-electron chi connectivity index (χ1n) is 9.35. The van der Waals surface area contributed by atoms with Crippen molar-refractivity contribution in [1.29, 1.82) is 5.26 Å². The van der Waals surface area contributed by atoms with Gasteiger partial charge in [0.15, 0.2) is 5.78 Å². The fourth-order valence-corrected chi connectivity index (χ4v) is 3.24. The van der Waals surface area contributed by atoms with Gasteiger partial charge in [0.05, 0.1) is 17.3 Å². The van der Waals surface area contributed by atoms with Gasteiger partial charge in [-0.15, -0.1) is 6.58 Å². The highest BCUT2D eigenvalue weighted by Gasteiger charge is 2.35. The predicted octanol–water partition coefficient (Wildman–Crippen LogP) is 3.30. The zero-order chi connectivity index (χ0) is 20.8. The molecule has 0 N–H and O–H groups in total. The van der Waals surface area contributed by atoms with Crippen molar-refractivity contribution in [2.75, 3.05) is 11.6 Å². The highest BCUT2D eigenvalue weighted by Crippen LogP contribution is 2.25. The lowest BCUT2D eigenvalue weighted by Crippen LogP contribution is -2.37. The quantitative estimate of drug-likeness (QED) is 0.684. The number of hydrogen-bond donors (Lipinski definition) is 0. The molecule has 1 atom stereocenters. The molecule has 1 aliphatic heterocycles. The van der Waals surface area contributed by atoms with Gasteiger partial charge >= 0.3 is 0 Å². The number of benzene rings is 2. The minimum atomic E-state index is -0.489. The monoisotopic (exact) mass is 386 g/mol. The molecule has 3 rings (SSSR count). The van der Waals surface area contributed by atoms with Crippen LogP contribution < -0.4 is 5.01 Å². The molecule has 0 fully saturated rings. The second-order valence-corrected chi connectivity index (χ2v) is 6.84. The number of carbonyl (C=O) groups excluding carboxylic acids is 2. The van der Waals surface area contributed by atoms with E-state index < -0.39 is 6.04 Å². The van der Waals surface area contributed by atoms with Crippen molar-refractivity contribution in [1.82, 2.24) is 4.90 Å². The molecule has 0 saturated carbocycles. The zero-order valence-electron chi connectivity index (χ0n) is 16.3. The molecule has 0 radical (unpaired) electrons. The summed E-state index contributed by atoms with van der Waals surface area (Å²) < 4.78 is 0. The third-order valence-electron chi connectivity index (χ3n) is 4.74. The fourth-order valence-electron chi connectivity index (χ4n) is 3.24. The van der Waals surface area contributed by atoms with Crippen LogP contribution in [-0.4, -0.2) is 34.9 Å². The second kappa shape index (κ2) is 8.98. The van der Waals surface area contributed by atoms with Crippen molar-refractivity contribution in [3.05, 3.63) is 78.4 Å². The molecule has 1 unspecified atom stereocenters. The van der Waals surface area contributed by atoms with Crippen LogP contribution in [0.15, 0.2) is 72.4 Å². The maximum Gasteiger partial charge on any atom is 0.270 e. The van der Waals surface area contributed by atoms with Crippen molar-refractivity contribution >= 4 is 23.1 Å². The summed E-state index contributed by atoms with van der Waals surface area (Å²) in [4.78, 5) is 27.0. The number of para-hydroxylation sites is 1. The van der Waals surface area contributed by atoms with Gasteiger partial charge in [-0.1, -0.05) is 36.4 Å². The van der Waals surface area contributed by atoms with E-state index in [4.69, 9.17) is 5.26 Å². The number of amides is 1. The summed E-state index contributed by atoms with van der Waals surface area (Å²) >= 11 is 0. The van der Waals surface area contributed by atoms with Gasteiger partial charge in [-0.25, -0.2) is 0 Å². The summed E-state index contributed by atoms with van der Waals surface area (Å²) in [7, 11) is 0. The van der Waals surface area contributed by atoms with Gasteiger partial charge in [0.25, 0.3) is 5.91 Å². The maximum atomic E-state index is 13.2. The molecule has 0 bridgehead atoms. The highest BCUT2D eigenvalue weighted by atomic mass is 16.2. The lowest BCUT2D eigenvalue weighted by Gasteiger charge is -2.21. The van der Waals surface area contributed by atoms with Crippen LogP contribution in [-0.2, 0) is 16.1 Å². The Hall–Kier alpha value is -3.72. The first kappa shape index (κ1) is 20.0. The highest BCUT2D eigenvalue weighted by molar-refractivity contribution is 6.40. The van der Waals surface area contributed by atoms with E-state index in [0.717, 1.165) is 11.3 Å². The van der Waals surface area contributed by atoms with Crippen LogP contribution in [0.1, 0.15) is 24.5 Å². The Bertz CT molecular complexity index is 974. The summed E-state index contributed by atoms with van der Waals surface area (Å²) in [5.41, 5.74) is 2.60. The molecule has 2 aromatic carbocycles. The van der Waals surface area contributed by atoms with Gasteiger partial charge in [-0.2, -0.15) is 10.4 Å². The van der Waals surface area contributed by atoms with E-state index in [9.17, 15) is 9.59 Å². The van der Waals surface area contributed by atoms with Crippen molar-refractivity contribution in [3.8, 4) is 6.07 Å². The van der Waals surface area contributed by atoms with Crippen LogP contribution in [0.25, 0.3) is 0 Å². The molecule has 6 nitrogen and oxygen atoms in total. The van der Waals surface area contributed by atoms with Crippen molar-refractivity contribution in [3.63, 3.8) is 0 Å². The average molecular weight is 386 g/mol. The van der Waals surface area contributed by atoms with E-state index in [1.165, 1.54) is 6.92 Å². The van der Waals surface area contributed by atoms with Crippen molar-refractivity contribution in [2.24, 2.45) is 5.10 Å². The lowest BCUT2D eigenvalue weighted by atomic mass is 10.1. The minimum absolute atomic E-state index is 0.0391. The molecule has 1 amide bonds. The number of hydrazone groups is 1. The Morgan fingerprint density at radius 2 is 1.93 bits per heavy atom. The van der Waals surface area contributed by atoms with Gasteiger partial charge in [0.1, 0.15) is 11.8 Å². The minimum Gasteiger partial charge on any atom is -0.330 e. The van der Waals surface area contributed by atoms with Crippen LogP contribution in [0.3, 0.4) is 0 Å². The van der Waals surface area contributed by atoms with Crippen LogP contribution in [0.5, 0.6) is 0 Å². The van der Waals surface area contributed by atoms with Crippen LogP contribution in [0, 0.1) is 11.3 Å². The summed E-state index contributed by atoms with van der Waals surface area (Å²) in [5, 5.41) is 15.1. The number of anilines is 1. The molecule has 6 heteroatoms. The molecule has 0 spiro atoms. The molecule has 1 aliphatic rings. The van der Waals surface area contributed by atoms with Gasteiger partial charge in [0, 0.05) is 19.5 Å². The molecule has 29 heavy (non-hydrogen) atoms. The van der Waals surface area contributed by atoms with E-state index in [1.54, 1.807) is 28.1 Å². The first-order valence-corrected chi connectivity index (χ1v) is 9.35. The lowest BCUT2D eigenvalue weighted by molar-refractivity contribution is -0.124. The number of nitriles is 1. The zero-order valence-corrected chi connectivity index (χ0v) is 16.3. The number of Topliss-reactive ketones (excluding diaryl/α,β-unsaturated/α-hetero) is 1. The first-order chi connectivity index (χ1) is 14.0. The maximum absolute atomic E-state index is 13.2. The number of nitrogens with zero attached hydrogens (tertiary/aromatic N) is 4. The Morgan fingerprint density at radius 3 is 2.52 bits per heavy atom. The van der Waals surface area contributed by atoms with Gasteiger partial charge in [-0.05, 0) is 36.8 Å². The number of hydrogen-bond acceptors (Lipinski definition) is 5. The smallest absolute Gasteiger partial charge is 0.270 e. The molecule has 0 saturated heterocycles. The number of carbonyl (C=O) groups is 2. The summed E-state index contributed by atoms with van der Waals surface area (Å²) in [5.74, 6) is -0.262. The molecular formula is C23H22N4O2. The van der Waals surface area contributed by atoms with E-state index in [0.29, 0.717) is 24.4 Å². The fraction of sp³-hybridized carbons (Fsp3) is 0.217. The van der Waals surface area contributed by atoms with Crippen LogP contribution in [0.4, 0.5) is 5.69 Å². The summed E-state index contributed by atoms with van der Waals surface area (Å²) in [6.45, 7) is 5.98. The van der Waals surface area contributed by atoms with E-state index in [1.807, 2.05) is 42.5 Å². The Balaban J connectivity index is 1.84. The van der Waals surface area contributed by atoms with E-state index in [2.05, 4.69) is 17.7 Å². The SMILES string of the molecule is C=CCN(Cc1ccc(C#N)cc1)C(=O)C1=NN(c2ccccc2)C(C(C)=O)C1. The number of rotatable bonds is 7. The Morgan fingerprint density at radius 1 is 1.24 bits per heavy atom. The van der Waals surface area contributed by atoms with Crippen LogP contribution >= 0.6 is 0 Å². The average Bonchev–Trinajstić information content (AvgIpc) is 3.20. The third kappa shape index (κ3) is 4.58. The molecule has 0 aliphatic carbocycles. The normalized spacial score (nSPS) is 15.4. The topological polar surface area (TPSA) is 76.8 Å². The molecule has 0 aromatic heterocycles. The van der Waals surface area contributed by atoms with Crippen molar-refractivity contribution < 1.29 is 9.59 Å². The summed E-state index contributed by atoms with van der Waals surface area (Å²) in [6, 6.07) is 18.1. The second-order valence-electron chi connectivity index (χ2n) is 6.84. The largest absolute Gasteiger partial charge is 0.330 e. The van der Waals surface area contributed by atoms with E-state index in [-0.39, 0.29) is 18.1 Å². The summed E-state index contributed by atoms with van der Waals surface area (Å²) in [6.07, 6.45) is 1.93.